The second-order valence-corrected chi connectivity index (χ2v) is 8.00. The van der Waals surface area contributed by atoms with Gasteiger partial charge in [-0.3, -0.25) is 0 Å². The van der Waals surface area contributed by atoms with Gasteiger partial charge in [-0.1, -0.05) is 41.9 Å². The Hall–Kier alpha value is -2.82. The summed E-state index contributed by atoms with van der Waals surface area (Å²) in [6.45, 7) is 1.83. The molecule has 0 unspecified atom stereocenters. The van der Waals surface area contributed by atoms with Crippen LogP contribution < -0.4 is 4.74 Å². The van der Waals surface area contributed by atoms with Crippen LogP contribution in [0.4, 0.5) is 0 Å². The van der Waals surface area contributed by atoms with Crippen LogP contribution in [0.2, 0.25) is 5.02 Å². The van der Waals surface area contributed by atoms with Gasteiger partial charge in [0.1, 0.15) is 0 Å². The molecule has 0 saturated heterocycles. The summed E-state index contributed by atoms with van der Waals surface area (Å²) >= 11 is 6.29. The molecule has 1 aliphatic rings. The van der Waals surface area contributed by atoms with Crippen molar-refractivity contribution < 1.29 is 9.84 Å². The highest BCUT2D eigenvalue weighted by Gasteiger charge is 2.24. The zero-order chi connectivity index (χ0) is 20.1. The quantitative estimate of drug-likeness (QED) is 0.454. The van der Waals surface area contributed by atoms with Gasteiger partial charge in [-0.2, -0.15) is 0 Å². The Bertz CT molecular complexity index is 1270. The minimum atomic E-state index is -0.0457. The lowest BCUT2D eigenvalue weighted by Gasteiger charge is -2.28. The number of benzene rings is 3. The van der Waals surface area contributed by atoms with E-state index in [0.29, 0.717) is 5.75 Å². The fraction of sp³-hybridized carbons (Fsp3) is 0.208. The van der Waals surface area contributed by atoms with Crippen molar-refractivity contribution >= 4 is 33.3 Å². The zero-order valence-electron chi connectivity index (χ0n) is 16.4. The topological polar surface area (TPSA) is 45.6 Å². The fourth-order valence-electron chi connectivity index (χ4n) is 4.35. The van der Waals surface area contributed by atoms with Gasteiger partial charge in [0, 0.05) is 24.0 Å². The number of aromatic nitrogens is 1. The molecule has 1 aliphatic heterocycles. The SMILES string of the molecule is COc1cc(-c2nc3ccc4ccccc4c3c3c2CN(C)CC3)cc(Cl)c1O. The largest absolute Gasteiger partial charge is 0.503 e. The van der Waals surface area contributed by atoms with Crippen LogP contribution in [0.1, 0.15) is 11.1 Å². The molecule has 0 bridgehead atoms. The number of hydrogen-bond acceptors (Lipinski definition) is 4. The van der Waals surface area contributed by atoms with Gasteiger partial charge in [-0.15, -0.1) is 0 Å². The number of likely N-dealkylation sites (N-methyl/N-ethyl adjacent to an activating group) is 1. The summed E-state index contributed by atoms with van der Waals surface area (Å²) in [5, 5.41) is 14.1. The van der Waals surface area contributed by atoms with E-state index in [4.69, 9.17) is 21.3 Å². The van der Waals surface area contributed by atoms with E-state index in [1.807, 2.05) is 6.07 Å². The summed E-state index contributed by atoms with van der Waals surface area (Å²) < 4.78 is 5.33. The molecular weight excluding hydrogens is 384 g/mol. The van der Waals surface area contributed by atoms with Crippen molar-refractivity contribution in [3.8, 4) is 22.8 Å². The highest BCUT2D eigenvalue weighted by molar-refractivity contribution is 6.32. The lowest BCUT2D eigenvalue weighted by Crippen LogP contribution is -2.27. The number of fused-ring (bicyclic) bond motifs is 5. The number of aromatic hydroxyl groups is 1. The molecule has 0 aliphatic carbocycles. The molecule has 3 aromatic carbocycles. The maximum Gasteiger partial charge on any atom is 0.176 e. The first kappa shape index (κ1) is 18.2. The number of ether oxygens (including phenoxy) is 1. The van der Waals surface area contributed by atoms with E-state index < -0.39 is 0 Å². The average molecular weight is 405 g/mol. The minimum Gasteiger partial charge on any atom is -0.503 e. The number of rotatable bonds is 2. The van der Waals surface area contributed by atoms with E-state index in [2.05, 4.69) is 48.3 Å². The molecule has 0 fully saturated rings. The summed E-state index contributed by atoms with van der Waals surface area (Å²) in [6, 6.07) is 16.3. The van der Waals surface area contributed by atoms with Crippen LogP contribution in [-0.2, 0) is 13.0 Å². The summed E-state index contributed by atoms with van der Waals surface area (Å²) in [5.41, 5.74) is 5.29. The third-order valence-corrected chi connectivity index (χ3v) is 6.07. The average Bonchev–Trinajstić information content (AvgIpc) is 2.74. The van der Waals surface area contributed by atoms with Gasteiger partial charge in [0.05, 0.1) is 23.3 Å². The Morgan fingerprint density at radius 2 is 1.93 bits per heavy atom. The van der Waals surface area contributed by atoms with E-state index >= 15 is 0 Å². The molecular formula is C24H21ClN2O2. The van der Waals surface area contributed by atoms with Gasteiger partial charge < -0.3 is 14.7 Å². The lowest BCUT2D eigenvalue weighted by molar-refractivity contribution is 0.314. The molecule has 1 N–H and O–H groups in total. The second kappa shape index (κ2) is 6.90. The van der Waals surface area contributed by atoms with Crippen molar-refractivity contribution in [2.75, 3.05) is 20.7 Å². The summed E-state index contributed by atoms with van der Waals surface area (Å²) in [6.07, 6.45) is 0.967. The van der Waals surface area contributed by atoms with Crippen molar-refractivity contribution in [2.45, 2.75) is 13.0 Å². The van der Waals surface area contributed by atoms with Crippen molar-refractivity contribution in [3.63, 3.8) is 0 Å². The van der Waals surface area contributed by atoms with Gasteiger partial charge >= 0.3 is 0 Å². The smallest absolute Gasteiger partial charge is 0.176 e. The molecule has 0 amide bonds. The predicted octanol–water partition coefficient (Wildman–Crippen LogP) is 5.41. The fourth-order valence-corrected chi connectivity index (χ4v) is 4.57. The molecule has 29 heavy (non-hydrogen) atoms. The van der Waals surface area contributed by atoms with Crippen LogP contribution in [0.5, 0.6) is 11.5 Å². The maximum atomic E-state index is 10.2. The molecule has 0 atom stereocenters. The van der Waals surface area contributed by atoms with E-state index in [1.165, 1.54) is 34.4 Å². The Kier molecular flexibility index (Phi) is 4.34. The molecule has 4 nitrogen and oxygen atoms in total. The summed E-state index contributed by atoms with van der Waals surface area (Å²) in [5.74, 6) is 0.307. The van der Waals surface area contributed by atoms with E-state index in [9.17, 15) is 5.11 Å². The Balaban J connectivity index is 1.87. The van der Waals surface area contributed by atoms with Crippen LogP contribution in [0, 0.1) is 0 Å². The molecule has 146 valence electrons. The number of phenols is 1. The molecule has 2 heterocycles. The van der Waals surface area contributed by atoms with E-state index in [-0.39, 0.29) is 10.8 Å². The van der Waals surface area contributed by atoms with Crippen LogP contribution in [-0.4, -0.2) is 35.7 Å². The van der Waals surface area contributed by atoms with Gasteiger partial charge in [-0.05, 0) is 53.6 Å². The molecule has 0 radical (unpaired) electrons. The van der Waals surface area contributed by atoms with Crippen molar-refractivity contribution in [1.29, 1.82) is 0 Å². The predicted molar refractivity (Wildman–Crippen MR) is 118 cm³/mol. The molecule has 0 saturated carbocycles. The minimum absolute atomic E-state index is 0.0457. The number of pyridine rings is 1. The number of methoxy groups -OCH3 is 1. The van der Waals surface area contributed by atoms with Crippen molar-refractivity contribution in [2.24, 2.45) is 0 Å². The van der Waals surface area contributed by atoms with Gasteiger partial charge in [0.2, 0.25) is 0 Å². The van der Waals surface area contributed by atoms with Gasteiger partial charge in [-0.25, -0.2) is 4.98 Å². The Morgan fingerprint density at radius 1 is 1.10 bits per heavy atom. The standard InChI is InChI=1S/C24H21ClN2O2/c1-27-10-9-17-18(13-27)23(15-11-19(25)24(28)21(12-15)29-2)26-20-8-7-14-5-3-4-6-16(14)22(17)20/h3-8,11-12,28H,9-10,13H2,1-2H3. The molecule has 5 heteroatoms. The molecule has 1 aromatic heterocycles. The number of halogens is 1. The van der Waals surface area contributed by atoms with E-state index in [0.717, 1.165) is 36.3 Å². The number of nitrogens with zero attached hydrogens (tertiary/aromatic N) is 2. The third-order valence-electron chi connectivity index (χ3n) is 5.78. The normalized spacial score (nSPS) is 14.3. The molecule has 0 spiro atoms. The van der Waals surface area contributed by atoms with Crippen LogP contribution in [0.25, 0.3) is 32.9 Å². The Morgan fingerprint density at radius 3 is 2.76 bits per heavy atom. The summed E-state index contributed by atoms with van der Waals surface area (Å²) in [7, 11) is 3.66. The monoisotopic (exact) mass is 404 g/mol. The lowest BCUT2D eigenvalue weighted by atomic mass is 9.89. The third kappa shape index (κ3) is 2.91. The first-order valence-corrected chi connectivity index (χ1v) is 10.0. The number of hydrogen-bond donors (Lipinski definition) is 1. The highest BCUT2D eigenvalue weighted by atomic mass is 35.5. The number of phenolic OH excluding ortho intramolecular Hbond substituents is 1. The van der Waals surface area contributed by atoms with Gasteiger partial charge in [0.25, 0.3) is 0 Å². The van der Waals surface area contributed by atoms with Gasteiger partial charge in [0.15, 0.2) is 11.5 Å². The maximum absolute atomic E-state index is 10.2. The Labute approximate surface area is 174 Å². The van der Waals surface area contributed by atoms with Crippen molar-refractivity contribution in [1.82, 2.24) is 9.88 Å². The first-order valence-electron chi connectivity index (χ1n) is 9.65. The highest BCUT2D eigenvalue weighted by Crippen LogP contribution is 2.42. The van der Waals surface area contributed by atoms with Crippen LogP contribution >= 0.6 is 11.6 Å². The van der Waals surface area contributed by atoms with Crippen LogP contribution in [0.15, 0.2) is 48.5 Å². The van der Waals surface area contributed by atoms with E-state index in [1.54, 1.807) is 6.07 Å². The zero-order valence-corrected chi connectivity index (χ0v) is 17.1. The first-order chi connectivity index (χ1) is 14.1. The van der Waals surface area contributed by atoms with Crippen molar-refractivity contribution in [3.05, 3.63) is 64.7 Å². The second-order valence-electron chi connectivity index (χ2n) is 7.60. The molecule has 4 aromatic rings. The molecule has 5 rings (SSSR count). The summed E-state index contributed by atoms with van der Waals surface area (Å²) in [4.78, 5) is 7.38. The van der Waals surface area contributed by atoms with Crippen LogP contribution in [0.3, 0.4) is 0 Å².